The highest BCUT2D eigenvalue weighted by Crippen LogP contribution is 2.35. The fraction of sp³-hybridized carbons (Fsp3) is 0.385. The van der Waals surface area contributed by atoms with E-state index >= 15 is 0 Å². The Bertz CT molecular complexity index is 684. The molecular formula is C13H14N2O6. The highest BCUT2D eigenvalue weighted by Gasteiger charge is 2.43. The van der Waals surface area contributed by atoms with Crippen LogP contribution < -0.4 is 0 Å². The van der Waals surface area contributed by atoms with Crippen LogP contribution in [-0.4, -0.2) is 50.1 Å². The van der Waals surface area contributed by atoms with E-state index in [1.54, 1.807) is 12.1 Å². The van der Waals surface area contributed by atoms with E-state index in [0.717, 1.165) is 5.39 Å². The van der Waals surface area contributed by atoms with E-state index in [0.29, 0.717) is 11.2 Å². The van der Waals surface area contributed by atoms with Crippen LogP contribution in [0.25, 0.3) is 10.9 Å². The van der Waals surface area contributed by atoms with Gasteiger partial charge in [0.15, 0.2) is 0 Å². The molecule has 4 N–H and O–H groups in total. The smallest absolute Gasteiger partial charge is 0.271 e. The molecule has 3 rings (SSSR count). The van der Waals surface area contributed by atoms with Crippen molar-refractivity contribution in [2.24, 2.45) is 0 Å². The van der Waals surface area contributed by atoms with Gasteiger partial charge in [-0.3, -0.25) is 10.1 Å². The summed E-state index contributed by atoms with van der Waals surface area (Å²) in [5.74, 6) is 0. The zero-order chi connectivity index (χ0) is 15.1. The summed E-state index contributed by atoms with van der Waals surface area (Å²) in [5.41, 5.74) is 0.988. The molecule has 4 atom stereocenters. The lowest BCUT2D eigenvalue weighted by molar-refractivity contribution is -0.384. The second kappa shape index (κ2) is 5.08. The minimum absolute atomic E-state index is 0.0444. The average molecular weight is 294 g/mol. The molecule has 0 spiro atoms. The minimum atomic E-state index is -1.18. The fourth-order valence-electron chi connectivity index (χ4n) is 2.56. The number of aliphatic hydroxyl groups is 3. The topological polar surface area (TPSA) is 129 Å². The van der Waals surface area contributed by atoms with Crippen molar-refractivity contribution in [1.29, 1.82) is 0 Å². The molecule has 1 aromatic heterocycles. The van der Waals surface area contributed by atoms with E-state index in [1.807, 2.05) is 0 Å². The quantitative estimate of drug-likeness (QED) is 0.474. The monoisotopic (exact) mass is 294 g/mol. The maximum atomic E-state index is 10.8. The first-order chi connectivity index (χ1) is 10.0. The third-order valence-corrected chi connectivity index (χ3v) is 3.69. The van der Waals surface area contributed by atoms with Gasteiger partial charge in [0.1, 0.15) is 24.4 Å². The molecule has 1 aliphatic heterocycles. The molecule has 21 heavy (non-hydrogen) atoms. The zero-order valence-electron chi connectivity index (χ0n) is 10.8. The number of hydrogen-bond donors (Lipinski definition) is 4. The normalized spacial score (nSPS) is 29.1. The van der Waals surface area contributed by atoms with Gasteiger partial charge in [0, 0.05) is 23.2 Å². The summed E-state index contributed by atoms with van der Waals surface area (Å²) in [7, 11) is 0. The van der Waals surface area contributed by atoms with Crippen molar-refractivity contribution < 1.29 is 25.0 Å². The molecule has 0 unspecified atom stereocenters. The molecule has 1 saturated heterocycles. The lowest BCUT2D eigenvalue weighted by Gasteiger charge is -2.12. The van der Waals surface area contributed by atoms with Crippen molar-refractivity contribution in [2.75, 3.05) is 6.61 Å². The van der Waals surface area contributed by atoms with Crippen LogP contribution >= 0.6 is 0 Å². The number of ether oxygens (including phenoxy) is 1. The molecule has 2 aromatic rings. The number of nitrogens with zero attached hydrogens (tertiary/aromatic N) is 1. The molecule has 0 bridgehead atoms. The van der Waals surface area contributed by atoms with Gasteiger partial charge in [0.2, 0.25) is 0 Å². The fourth-order valence-corrected chi connectivity index (χ4v) is 2.56. The number of nitrogens with one attached hydrogen (secondary N) is 1. The summed E-state index contributed by atoms with van der Waals surface area (Å²) in [4.78, 5) is 13.2. The van der Waals surface area contributed by atoms with Crippen molar-refractivity contribution in [3.63, 3.8) is 0 Å². The summed E-state index contributed by atoms with van der Waals surface area (Å²) in [6, 6.07) is 6.06. The Kier molecular flexibility index (Phi) is 3.38. The molecule has 1 aliphatic rings. The Balaban J connectivity index is 1.96. The Morgan fingerprint density at radius 3 is 2.67 bits per heavy atom. The number of nitro benzene ring substituents is 1. The number of hydrogen-bond acceptors (Lipinski definition) is 6. The highest BCUT2D eigenvalue weighted by atomic mass is 16.6. The summed E-state index contributed by atoms with van der Waals surface area (Å²) in [6.07, 6.45) is -4.03. The van der Waals surface area contributed by atoms with Crippen LogP contribution in [0, 0.1) is 10.1 Å². The van der Waals surface area contributed by atoms with Gasteiger partial charge in [-0.15, -0.1) is 0 Å². The van der Waals surface area contributed by atoms with E-state index in [4.69, 9.17) is 9.84 Å². The third-order valence-electron chi connectivity index (χ3n) is 3.69. The first-order valence-corrected chi connectivity index (χ1v) is 6.41. The van der Waals surface area contributed by atoms with Crippen molar-refractivity contribution in [1.82, 2.24) is 4.98 Å². The van der Waals surface area contributed by atoms with Crippen LogP contribution in [-0.2, 0) is 4.74 Å². The summed E-state index contributed by atoms with van der Waals surface area (Å²) in [6.45, 7) is -0.402. The molecule has 1 fully saturated rings. The largest absolute Gasteiger partial charge is 0.394 e. The first-order valence-electron chi connectivity index (χ1n) is 6.41. The van der Waals surface area contributed by atoms with E-state index in [9.17, 15) is 20.3 Å². The number of benzene rings is 1. The molecular weight excluding hydrogens is 280 g/mol. The number of fused-ring (bicyclic) bond motifs is 1. The van der Waals surface area contributed by atoms with Crippen LogP contribution in [0.3, 0.4) is 0 Å². The van der Waals surface area contributed by atoms with Gasteiger partial charge in [-0.25, -0.2) is 0 Å². The third kappa shape index (κ3) is 2.28. The van der Waals surface area contributed by atoms with Crippen LogP contribution in [0.4, 0.5) is 5.69 Å². The first kappa shape index (κ1) is 14.0. The van der Waals surface area contributed by atoms with Gasteiger partial charge >= 0.3 is 0 Å². The van der Waals surface area contributed by atoms with Crippen LogP contribution in [0.15, 0.2) is 24.3 Å². The van der Waals surface area contributed by atoms with Crippen LogP contribution in [0.2, 0.25) is 0 Å². The van der Waals surface area contributed by atoms with Gasteiger partial charge in [-0.05, 0) is 12.1 Å². The second-order valence-electron chi connectivity index (χ2n) is 5.01. The molecule has 8 heteroatoms. The van der Waals surface area contributed by atoms with Gasteiger partial charge < -0.3 is 25.0 Å². The van der Waals surface area contributed by atoms with E-state index < -0.39 is 35.9 Å². The number of aliphatic hydroxyl groups excluding tert-OH is 3. The molecule has 0 amide bonds. The Morgan fingerprint density at radius 2 is 2.05 bits per heavy atom. The maximum absolute atomic E-state index is 10.8. The van der Waals surface area contributed by atoms with Gasteiger partial charge in [0.05, 0.1) is 17.0 Å². The van der Waals surface area contributed by atoms with Crippen molar-refractivity contribution in [2.45, 2.75) is 24.4 Å². The van der Waals surface area contributed by atoms with Gasteiger partial charge in [-0.1, -0.05) is 0 Å². The molecule has 0 saturated carbocycles. The SMILES string of the molecule is O=[N+]([O-])c1ccc2cc([C@@H]3O[C@H](CO)[C@@H](O)[C@H]3O)[nH]c2c1. The van der Waals surface area contributed by atoms with E-state index in [1.165, 1.54) is 12.1 Å². The zero-order valence-corrected chi connectivity index (χ0v) is 10.8. The van der Waals surface area contributed by atoms with Crippen molar-refractivity contribution >= 4 is 16.6 Å². The predicted molar refractivity (Wildman–Crippen MR) is 71.7 cm³/mol. The van der Waals surface area contributed by atoms with Crippen molar-refractivity contribution in [3.8, 4) is 0 Å². The maximum Gasteiger partial charge on any atom is 0.271 e. The van der Waals surface area contributed by atoms with E-state index in [-0.39, 0.29) is 5.69 Å². The highest BCUT2D eigenvalue weighted by molar-refractivity contribution is 5.82. The lowest BCUT2D eigenvalue weighted by Crippen LogP contribution is -2.32. The number of aromatic amines is 1. The number of nitro groups is 1. The van der Waals surface area contributed by atoms with Crippen LogP contribution in [0.5, 0.6) is 0 Å². The number of aromatic nitrogens is 1. The summed E-state index contributed by atoms with van der Waals surface area (Å²) < 4.78 is 5.41. The molecule has 0 radical (unpaired) electrons. The van der Waals surface area contributed by atoms with E-state index in [2.05, 4.69) is 4.98 Å². The molecule has 112 valence electrons. The molecule has 8 nitrogen and oxygen atoms in total. The van der Waals surface area contributed by atoms with Gasteiger partial charge in [0.25, 0.3) is 5.69 Å². The number of rotatable bonds is 3. The Labute approximate surface area is 118 Å². The standard InChI is InChI=1S/C13H14N2O6/c16-5-10-11(17)12(18)13(21-10)9-3-6-1-2-7(15(19)20)4-8(6)14-9/h1-4,10-14,16-18H,5H2/t10-,11-,12-,13+/m1/s1. The number of non-ortho nitro benzene ring substituents is 1. The lowest BCUT2D eigenvalue weighted by atomic mass is 10.1. The predicted octanol–water partition coefficient (Wildman–Crippen LogP) is 0.230. The average Bonchev–Trinajstić information content (AvgIpc) is 3.00. The Morgan fingerprint density at radius 1 is 1.29 bits per heavy atom. The second-order valence-corrected chi connectivity index (χ2v) is 5.01. The Hall–Kier alpha value is -2.00. The van der Waals surface area contributed by atoms with Gasteiger partial charge in [-0.2, -0.15) is 0 Å². The number of H-pyrrole nitrogens is 1. The van der Waals surface area contributed by atoms with Crippen molar-refractivity contribution in [3.05, 3.63) is 40.1 Å². The van der Waals surface area contributed by atoms with Crippen LogP contribution in [0.1, 0.15) is 11.8 Å². The summed E-state index contributed by atoms with van der Waals surface area (Å²) in [5, 5.41) is 40.3. The minimum Gasteiger partial charge on any atom is -0.394 e. The molecule has 2 heterocycles. The molecule has 1 aromatic carbocycles. The molecule has 0 aliphatic carbocycles. The summed E-state index contributed by atoms with van der Waals surface area (Å²) >= 11 is 0.